The van der Waals surface area contributed by atoms with E-state index in [9.17, 15) is 0 Å². The molecule has 1 saturated heterocycles. The van der Waals surface area contributed by atoms with Crippen LogP contribution in [0.5, 0.6) is 0 Å². The summed E-state index contributed by atoms with van der Waals surface area (Å²) in [7, 11) is 2.09. The monoisotopic (exact) mass is 230 g/mol. The predicted molar refractivity (Wildman–Crippen MR) is 71.3 cm³/mol. The maximum Gasteiger partial charge on any atom is 0.0192 e. The largest absolute Gasteiger partial charge is 0.316 e. The van der Waals surface area contributed by atoms with Gasteiger partial charge in [0.25, 0.3) is 0 Å². The molecule has 1 aliphatic heterocycles. The molecule has 1 N–H and O–H groups in total. The quantitative estimate of drug-likeness (QED) is 0.834. The number of nitrogens with zero attached hydrogens (tertiary/aromatic N) is 1. The van der Waals surface area contributed by atoms with Crippen molar-refractivity contribution in [1.82, 2.24) is 10.2 Å². The number of benzene rings is 1. The Bertz CT molecular complexity index is 363. The van der Waals surface area contributed by atoms with Crippen LogP contribution in [0.3, 0.4) is 0 Å². The van der Waals surface area contributed by atoms with Gasteiger partial charge in [-0.2, -0.15) is 0 Å². The van der Waals surface area contributed by atoms with E-state index in [1.807, 2.05) is 0 Å². The Labute approximate surface area is 104 Å². The average molecular weight is 230 g/mol. The minimum Gasteiger partial charge on any atom is -0.316 e. The van der Waals surface area contributed by atoms with Crippen LogP contribution in [0.4, 0.5) is 0 Å². The van der Waals surface area contributed by atoms with Crippen LogP contribution in [-0.2, 0) is 12.8 Å². The summed E-state index contributed by atoms with van der Waals surface area (Å²) in [5.41, 5.74) is 3.15. The fourth-order valence-electron chi connectivity index (χ4n) is 3.37. The van der Waals surface area contributed by atoms with Gasteiger partial charge in [0.2, 0.25) is 0 Å². The third-order valence-corrected chi connectivity index (χ3v) is 4.41. The lowest BCUT2D eigenvalue weighted by Gasteiger charge is -2.36. The van der Waals surface area contributed by atoms with E-state index in [2.05, 4.69) is 41.5 Å². The molecule has 1 fully saturated rings. The van der Waals surface area contributed by atoms with Gasteiger partial charge in [-0.3, -0.25) is 4.90 Å². The second-order valence-corrected chi connectivity index (χ2v) is 5.45. The molecule has 0 bridgehead atoms. The smallest absolute Gasteiger partial charge is 0.0192 e. The van der Waals surface area contributed by atoms with Gasteiger partial charge in [0.15, 0.2) is 0 Å². The molecule has 0 spiro atoms. The third kappa shape index (κ3) is 2.24. The fourth-order valence-corrected chi connectivity index (χ4v) is 3.37. The van der Waals surface area contributed by atoms with Gasteiger partial charge in [-0.15, -0.1) is 0 Å². The minimum atomic E-state index is 0.701. The number of nitrogens with one attached hydrogen (secondary N) is 1. The molecule has 2 aliphatic rings. The van der Waals surface area contributed by atoms with Gasteiger partial charge >= 0.3 is 0 Å². The van der Waals surface area contributed by atoms with Crippen molar-refractivity contribution in [1.29, 1.82) is 0 Å². The zero-order chi connectivity index (χ0) is 11.7. The van der Waals surface area contributed by atoms with Gasteiger partial charge < -0.3 is 5.32 Å². The van der Waals surface area contributed by atoms with E-state index >= 15 is 0 Å². The summed E-state index contributed by atoms with van der Waals surface area (Å²) in [5.74, 6) is 0. The van der Waals surface area contributed by atoms with Crippen LogP contribution in [0.25, 0.3) is 0 Å². The maximum absolute atomic E-state index is 3.44. The minimum absolute atomic E-state index is 0.701. The summed E-state index contributed by atoms with van der Waals surface area (Å²) in [6.45, 7) is 2.52. The van der Waals surface area contributed by atoms with E-state index in [1.54, 1.807) is 11.1 Å². The lowest BCUT2D eigenvalue weighted by atomic mass is 10.0. The lowest BCUT2D eigenvalue weighted by molar-refractivity contribution is 0.143. The highest BCUT2D eigenvalue weighted by molar-refractivity contribution is 5.33. The molecule has 0 radical (unpaired) electrons. The van der Waals surface area contributed by atoms with E-state index < -0.39 is 0 Å². The van der Waals surface area contributed by atoms with E-state index in [0.29, 0.717) is 6.04 Å². The van der Waals surface area contributed by atoms with Crippen LogP contribution in [-0.4, -0.2) is 37.1 Å². The molecule has 2 heteroatoms. The van der Waals surface area contributed by atoms with Crippen molar-refractivity contribution in [2.45, 2.75) is 37.8 Å². The van der Waals surface area contributed by atoms with E-state index in [1.165, 1.54) is 38.8 Å². The number of fused-ring (bicyclic) bond motifs is 1. The van der Waals surface area contributed by atoms with Crippen molar-refractivity contribution in [3.8, 4) is 0 Å². The number of piperidine rings is 1. The van der Waals surface area contributed by atoms with Crippen LogP contribution in [0.2, 0.25) is 0 Å². The average Bonchev–Trinajstić information content (AvgIpc) is 2.82. The topological polar surface area (TPSA) is 15.3 Å². The van der Waals surface area contributed by atoms with Gasteiger partial charge in [-0.25, -0.2) is 0 Å². The second kappa shape index (κ2) is 4.79. The van der Waals surface area contributed by atoms with Crippen LogP contribution in [0, 0.1) is 0 Å². The second-order valence-electron chi connectivity index (χ2n) is 5.45. The van der Waals surface area contributed by atoms with Crippen LogP contribution in [0.15, 0.2) is 24.3 Å². The maximum atomic E-state index is 3.44. The summed E-state index contributed by atoms with van der Waals surface area (Å²) < 4.78 is 0. The first-order valence-corrected chi connectivity index (χ1v) is 6.85. The zero-order valence-electron chi connectivity index (χ0n) is 10.7. The van der Waals surface area contributed by atoms with Crippen molar-refractivity contribution < 1.29 is 0 Å². The summed E-state index contributed by atoms with van der Waals surface area (Å²) in [5, 5.41) is 3.44. The van der Waals surface area contributed by atoms with E-state index in [-0.39, 0.29) is 0 Å². The highest BCUT2D eigenvalue weighted by Gasteiger charge is 2.29. The van der Waals surface area contributed by atoms with Crippen molar-refractivity contribution >= 4 is 0 Å². The Kier molecular flexibility index (Phi) is 3.17. The van der Waals surface area contributed by atoms with Gasteiger partial charge in [0, 0.05) is 18.6 Å². The molecule has 3 rings (SSSR count). The van der Waals surface area contributed by atoms with Gasteiger partial charge in [0.1, 0.15) is 0 Å². The van der Waals surface area contributed by atoms with Crippen LogP contribution in [0.1, 0.15) is 24.0 Å². The Morgan fingerprint density at radius 3 is 2.53 bits per heavy atom. The first kappa shape index (κ1) is 11.2. The Hall–Kier alpha value is -0.860. The number of likely N-dealkylation sites (tertiary alicyclic amines) is 1. The molecule has 17 heavy (non-hydrogen) atoms. The molecule has 0 amide bonds. The number of likely N-dealkylation sites (N-methyl/N-ethyl adjacent to an activating group) is 1. The van der Waals surface area contributed by atoms with Crippen molar-refractivity contribution in [3.63, 3.8) is 0 Å². The molecule has 2 nitrogen and oxygen atoms in total. The molecule has 1 aliphatic carbocycles. The number of hydrogen-bond acceptors (Lipinski definition) is 2. The number of rotatable bonds is 2. The van der Waals surface area contributed by atoms with Crippen molar-refractivity contribution in [3.05, 3.63) is 35.4 Å². The highest BCUT2D eigenvalue weighted by Crippen LogP contribution is 2.27. The molecule has 0 aromatic heterocycles. The van der Waals surface area contributed by atoms with Crippen molar-refractivity contribution in [2.24, 2.45) is 0 Å². The first-order chi connectivity index (χ1) is 8.36. The summed E-state index contributed by atoms with van der Waals surface area (Å²) in [6, 6.07) is 10.4. The Morgan fingerprint density at radius 2 is 1.88 bits per heavy atom. The SMILES string of the molecule is CN[C@@H]1CCCN(C2Cc3ccccc3C2)C1. The summed E-state index contributed by atoms with van der Waals surface area (Å²) in [6.07, 6.45) is 5.20. The molecular weight excluding hydrogens is 208 g/mol. The molecule has 1 heterocycles. The molecule has 1 aromatic rings. The predicted octanol–water partition coefficient (Wildman–Crippen LogP) is 1.84. The molecule has 92 valence electrons. The Morgan fingerprint density at radius 1 is 1.18 bits per heavy atom. The molecule has 1 aromatic carbocycles. The third-order valence-electron chi connectivity index (χ3n) is 4.41. The molecule has 1 atom stereocenters. The molecule has 0 saturated carbocycles. The number of hydrogen-bond donors (Lipinski definition) is 1. The summed E-state index contributed by atoms with van der Waals surface area (Å²) in [4.78, 5) is 2.70. The van der Waals surface area contributed by atoms with Gasteiger partial charge in [-0.1, -0.05) is 24.3 Å². The summed E-state index contributed by atoms with van der Waals surface area (Å²) >= 11 is 0. The molecular formula is C15H22N2. The van der Waals surface area contributed by atoms with Gasteiger partial charge in [-0.05, 0) is 50.4 Å². The molecule has 0 unspecified atom stereocenters. The standard InChI is InChI=1S/C15H22N2/c1-16-14-7-4-8-17(11-14)15-9-12-5-2-3-6-13(12)10-15/h2-3,5-6,14-16H,4,7-11H2,1H3/t14-/m1/s1. The van der Waals surface area contributed by atoms with Crippen LogP contribution >= 0.6 is 0 Å². The van der Waals surface area contributed by atoms with E-state index in [0.717, 1.165) is 6.04 Å². The van der Waals surface area contributed by atoms with E-state index in [4.69, 9.17) is 0 Å². The highest BCUT2D eigenvalue weighted by atomic mass is 15.2. The van der Waals surface area contributed by atoms with Crippen molar-refractivity contribution in [2.75, 3.05) is 20.1 Å². The lowest BCUT2D eigenvalue weighted by Crippen LogP contribution is -2.49. The van der Waals surface area contributed by atoms with Gasteiger partial charge in [0.05, 0.1) is 0 Å². The first-order valence-electron chi connectivity index (χ1n) is 6.85. The Balaban J connectivity index is 1.68. The van der Waals surface area contributed by atoms with Crippen LogP contribution < -0.4 is 5.32 Å². The fraction of sp³-hybridized carbons (Fsp3) is 0.600. The normalized spacial score (nSPS) is 26.1. The zero-order valence-corrected chi connectivity index (χ0v) is 10.7.